The Morgan fingerprint density at radius 3 is 1.84 bits per heavy atom. The van der Waals surface area contributed by atoms with Crippen LogP contribution in [-0.2, 0) is 18.9 Å². The van der Waals surface area contributed by atoms with Gasteiger partial charge in [-0.25, -0.2) is 0 Å². The summed E-state index contributed by atoms with van der Waals surface area (Å²) in [5.74, 6) is -1.18. The van der Waals surface area contributed by atoms with Gasteiger partial charge in [-0.05, 0) is 12.8 Å². The first kappa shape index (κ1) is 15.2. The van der Waals surface area contributed by atoms with Gasteiger partial charge in [0.2, 0.25) is 0 Å². The Morgan fingerprint density at radius 2 is 1.21 bits per heavy atom. The minimum Gasteiger partial charge on any atom is -0.346 e. The van der Waals surface area contributed by atoms with Crippen LogP contribution >= 0.6 is 47.8 Å². The maximum Gasteiger partial charge on any atom is 0.193 e. The number of rotatable bonds is 0. The summed E-state index contributed by atoms with van der Waals surface area (Å²) in [5, 5.41) is 0. The van der Waals surface area contributed by atoms with E-state index < -0.39 is 11.6 Å². The first-order valence-corrected chi connectivity index (χ1v) is 9.32. The zero-order chi connectivity index (χ0) is 13.5. The first-order valence-electron chi connectivity index (χ1n) is 6.57. The van der Waals surface area contributed by atoms with Gasteiger partial charge in [0, 0.05) is 6.42 Å². The smallest absolute Gasteiger partial charge is 0.193 e. The van der Waals surface area contributed by atoms with Crippen LogP contribution in [-0.4, -0.2) is 52.5 Å². The molecule has 2 aliphatic heterocycles. The predicted octanol–water partition coefficient (Wildman–Crippen LogP) is 2.95. The Balaban J connectivity index is 1.86. The Morgan fingerprint density at radius 1 is 0.684 bits per heavy atom. The van der Waals surface area contributed by atoms with Crippen molar-refractivity contribution in [2.24, 2.45) is 0 Å². The molecule has 0 radical (unpaired) electrons. The second kappa shape index (κ2) is 5.82. The molecular formula is C12H17Br3O4. The molecule has 2 heterocycles. The van der Waals surface area contributed by atoms with E-state index in [9.17, 15) is 0 Å². The van der Waals surface area contributed by atoms with Gasteiger partial charge in [-0.15, -0.1) is 0 Å². The molecule has 3 rings (SSSR count). The molecule has 19 heavy (non-hydrogen) atoms. The molecule has 3 atom stereocenters. The van der Waals surface area contributed by atoms with E-state index in [1.54, 1.807) is 0 Å². The third-order valence-electron chi connectivity index (χ3n) is 4.00. The number of halogens is 3. The molecule has 0 bridgehead atoms. The number of hydrogen-bond donors (Lipinski definition) is 0. The quantitative estimate of drug-likeness (QED) is 0.516. The van der Waals surface area contributed by atoms with Crippen LogP contribution in [0.25, 0.3) is 0 Å². The summed E-state index contributed by atoms with van der Waals surface area (Å²) in [7, 11) is 0. The molecule has 0 aromatic carbocycles. The molecule has 0 aromatic heterocycles. The molecule has 1 saturated carbocycles. The summed E-state index contributed by atoms with van der Waals surface area (Å²) < 4.78 is 23.7. The Kier molecular flexibility index (Phi) is 4.65. The van der Waals surface area contributed by atoms with E-state index >= 15 is 0 Å². The van der Waals surface area contributed by atoms with E-state index in [0.717, 1.165) is 12.8 Å². The molecule has 1 aliphatic carbocycles. The molecule has 2 saturated heterocycles. The normalized spacial score (nSPS) is 41.5. The molecule has 3 fully saturated rings. The summed E-state index contributed by atoms with van der Waals surface area (Å²) in [6.45, 7) is 2.57. The standard InChI is InChI=1S/C12H17Br3O4/c13-8-1-2-9(14)12(18-5-6-19-12)10(15)7-11(8)16-3-4-17-11/h8-10H,1-7H2/t8-,9+,10?/m0/s1. The summed E-state index contributed by atoms with van der Waals surface area (Å²) in [6, 6.07) is 0. The SMILES string of the molecule is BrC1CC2(OCCO2)[C@@H](Br)CC[C@@H](Br)C12OCCO2. The van der Waals surface area contributed by atoms with Crippen LogP contribution < -0.4 is 0 Å². The summed E-state index contributed by atoms with van der Waals surface area (Å²) in [6.07, 6.45) is 2.58. The molecule has 110 valence electrons. The third kappa shape index (κ3) is 2.58. The van der Waals surface area contributed by atoms with Crippen molar-refractivity contribution in [1.29, 1.82) is 0 Å². The van der Waals surface area contributed by atoms with Crippen LogP contribution in [0.3, 0.4) is 0 Å². The lowest BCUT2D eigenvalue weighted by Gasteiger charge is -2.44. The lowest BCUT2D eigenvalue weighted by atomic mass is 9.91. The van der Waals surface area contributed by atoms with E-state index in [1.165, 1.54) is 0 Å². The van der Waals surface area contributed by atoms with Crippen molar-refractivity contribution in [3.8, 4) is 0 Å². The van der Waals surface area contributed by atoms with Gasteiger partial charge in [0.05, 0.1) is 40.9 Å². The van der Waals surface area contributed by atoms with Gasteiger partial charge in [0.15, 0.2) is 11.6 Å². The fraction of sp³-hybridized carbons (Fsp3) is 1.00. The highest BCUT2D eigenvalue weighted by Crippen LogP contribution is 2.47. The first-order chi connectivity index (χ1) is 9.09. The molecule has 3 aliphatic rings. The van der Waals surface area contributed by atoms with Crippen molar-refractivity contribution in [1.82, 2.24) is 0 Å². The van der Waals surface area contributed by atoms with Crippen molar-refractivity contribution < 1.29 is 18.9 Å². The third-order valence-corrected chi connectivity index (χ3v) is 7.22. The van der Waals surface area contributed by atoms with Gasteiger partial charge in [-0.1, -0.05) is 47.8 Å². The minimum absolute atomic E-state index is 0.0188. The van der Waals surface area contributed by atoms with Gasteiger partial charge in [0.25, 0.3) is 0 Å². The molecule has 7 heteroatoms. The van der Waals surface area contributed by atoms with Crippen molar-refractivity contribution >= 4 is 47.8 Å². The van der Waals surface area contributed by atoms with Crippen molar-refractivity contribution in [3.05, 3.63) is 0 Å². The van der Waals surface area contributed by atoms with Gasteiger partial charge in [0.1, 0.15) is 0 Å². The van der Waals surface area contributed by atoms with E-state index in [-0.39, 0.29) is 14.5 Å². The fourth-order valence-corrected chi connectivity index (χ4v) is 5.96. The Bertz CT molecular complexity index is 329. The topological polar surface area (TPSA) is 36.9 Å². The Hall–Kier alpha value is 1.28. The van der Waals surface area contributed by atoms with E-state index in [4.69, 9.17) is 18.9 Å². The van der Waals surface area contributed by atoms with Crippen LogP contribution in [0.15, 0.2) is 0 Å². The molecular weight excluding hydrogens is 448 g/mol. The molecule has 1 unspecified atom stereocenters. The summed E-state index contributed by atoms with van der Waals surface area (Å²) in [5.41, 5.74) is 0. The fourth-order valence-electron chi connectivity index (χ4n) is 3.00. The van der Waals surface area contributed by atoms with E-state index in [0.29, 0.717) is 32.8 Å². The van der Waals surface area contributed by atoms with E-state index in [2.05, 4.69) is 47.8 Å². The molecule has 0 aromatic rings. The number of ether oxygens (including phenoxy) is 4. The van der Waals surface area contributed by atoms with Crippen LogP contribution in [0.5, 0.6) is 0 Å². The van der Waals surface area contributed by atoms with Crippen molar-refractivity contribution in [2.45, 2.75) is 45.3 Å². The Labute approximate surface area is 138 Å². The zero-order valence-electron chi connectivity index (χ0n) is 10.4. The molecule has 0 amide bonds. The van der Waals surface area contributed by atoms with Crippen LogP contribution in [0.1, 0.15) is 19.3 Å². The zero-order valence-corrected chi connectivity index (χ0v) is 15.2. The summed E-state index contributed by atoms with van der Waals surface area (Å²) >= 11 is 11.2. The second-order valence-corrected chi connectivity index (χ2v) is 8.43. The molecule has 4 nitrogen and oxygen atoms in total. The van der Waals surface area contributed by atoms with Crippen LogP contribution in [0.2, 0.25) is 0 Å². The molecule has 2 spiro atoms. The highest BCUT2D eigenvalue weighted by atomic mass is 79.9. The van der Waals surface area contributed by atoms with Gasteiger partial charge < -0.3 is 18.9 Å². The highest BCUT2D eigenvalue weighted by Gasteiger charge is 2.56. The predicted molar refractivity (Wildman–Crippen MR) is 81.3 cm³/mol. The van der Waals surface area contributed by atoms with Crippen molar-refractivity contribution in [2.75, 3.05) is 26.4 Å². The lowest BCUT2D eigenvalue weighted by molar-refractivity contribution is -0.205. The molecule has 0 N–H and O–H groups in total. The monoisotopic (exact) mass is 462 g/mol. The highest BCUT2D eigenvalue weighted by molar-refractivity contribution is 9.10. The lowest BCUT2D eigenvalue weighted by Crippen LogP contribution is -2.55. The largest absolute Gasteiger partial charge is 0.346 e. The van der Waals surface area contributed by atoms with Gasteiger partial charge in [-0.3, -0.25) is 0 Å². The average molecular weight is 465 g/mol. The van der Waals surface area contributed by atoms with Crippen LogP contribution in [0, 0.1) is 0 Å². The van der Waals surface area contributed by atoms with Gasteiger partial charge >= 0.3 is 0 Å². The van der Waals surface area contributed by atoms with E-state index in [1.807, 2.05) is 0 Å². The number of hydrogen-bond acceptors (Lipinski definition) is 4. The van der Waals surface area contributed by atoms with Gasteiger partial charge in [-0.2, -0.15) is 0 Å². The second-order valence-electron chi connectivity index (χ2n) is 5.11. The maximum atomic E-state index is 5.94. The van der Waals surface area contributed by atoms with Crippen molar-refractivity contribution in [3.63, 3.8) is 0 Å². The van der Waals surface area contributed by atoms with Crippen LogP contribution in [0.4, 0.5) is 0 Å². The summed E-state index contributed by atoms with van der Waals surface area (Å²) in [4.78, 5) is 0.359. The average Bonchev–Trinajstić information content (AvgIpc) is 3.04. The number of alkyl halides is 3. The minimum atomic E-state index is -0.616. The maximum absolute atomic E-state index is 5.94.